The molecule has 0 saturated heterocycles. The van der Waals surface area contributed by atoms with Gasteiger partial charge in [0.1, 0.15) is 5.75 Å². The minimum atomic E-state index is -0.432. The van der Waals surface area contributed by atoms with E-state index >= 15 is 0 Å². The molecule has 5 aromatic carbocycles. The summed E-state index contributed by atoms with van der Waals surface area (Å²) in [5.74, 6) is 0.221. The Morgan fingerprint density at radius 2 is 1.55 bits per heavy atom. The fourth-order valence-corrected chi connectivity index (χ4v) is 6.35. The lowest BCUT2D eigenvalue weighted by atomic mass is 9.91. The second-order valence-corrected chi connectivity index (χ2v) is 11.8. The predicted molar refractivity (Wildman–Crippen MR) is 172 cm³/mol. The largest absolute Gasteiger partial charge is 0.508 e. The van der Waals surface area contributed by atoms with Gasteiger partial charge in [-0.15, -0.1) is 0 Å². The van der Waals surface area contributed by atoms with Crippen molar-refractivity contribution in [3.05, 3.63) is 136 Å². The maximum atomic E-state index is 11.4. The van der Waals surface area contributed by atoms with Crippen molar-refractivity contribution in [2.45, 2.75) is 6.04 Å². The Balaban J connectivity index is 1.49. The number of phenols is 1. The van der Waals surface area contributed by atoms with E-state index < -0.39 is 6.04 Å². The van der Waals surface area contributed by atoms with Crippen LogP contribution in [0.25, 0.3) is 37.9 Å². The van der Waals surface area contributed by atoms with Crippen LogP contribution in [0.5, 0.6) is 5.75 Å². The van der Waals surface area contributed by atoms with Crippen LogP contribution >= 0.6 is 33.9 Å². The number of thiazole rings is 1. The van der Waals surface area contributed by atoms with Crippen molar-refractivity contribution in [1.82, 2.24) is 14.8 Å². The molecule has 0 bridgehead atoms. The Bertz CT molecular complexity index is 1930. The van der Waals surface area contributed by atoms with Gasteiger partial charge < -0.3 is 10.4 Å². The molecule has 0 amide bonds. The number of fused-ring (bicyclic) bond motifs is 2. The van der Waals surface area contributed by atoms with E-state index in [1.165, 1.54) is 0 Å². The van der Waals surface area contributed by atoms with E-state index in [0.29, 0.717) is 0 Å². The molecular formula is C33H23IN4OS. The van der Waals surface area contributed by atoms with Gasteiger partial charge in [0.05, 0.1) is 27.6 Å². The summed E-state index contributed by atoms with van der Waals surface area (Å²) >= 11 is 3.92. The van der Waals surface area contributed by atoms with Crippen molar-refractivity contribution in [1.29, 1.82) is 0 Å². The first kappa shape index (κ1) is 24.8. The number of aromatic nitrogens is 3. The maximum absolute atomic E-state index is 11.4. The molecule has 2 aromatic heterocycles. The predicted octanol–water partition coefficient (Wildman–Crippen LogP) is 8.81. The molecule has 7 heteroatoms. The van der Waals surface area contributed by atoms with E-state index in [1.54, 1.807) is 17.4 Å². The number of nitrogens with zero attached hydrogens (tertiary/aromatic N) is 3. The molecule has 0 aliphatic carbocycles. The summed E-state index contributed by atoms with van der Waals surface area (Å²) in [6.07, 6.45) is 2.06. The van der Waals surface area contributed by atoms with E-state index in [0.717, 1.165) is 57.8 Å². The number of benzene rings is 5. The monoisotopic (exact) mass is 650 g/mol. The van der Waals surface area contributed by atoms with Gasteiger partial charge in [-0.3, -0.25) is 0 Å². The van der Waals surface area contributed by atoms with E-state index in [9.17, 15) is 5.11 Å². The molecule has 1 atom stereocenters. The van der Waals surface area contributed by atoms with Gasteiger partial charge in [-0.25, -0.2) is 9.67 Å². The summed E-state index contributed by atoms with van der Waals surface area (Å²) in [7, 11) is 0. The molecule has 7 aromatic rings. The number of anilines is 1. The van der Waals surface area contributed by atoms with Gasteiger partial charge in [0.2, 0.25) is 0 Å². The van der Waals surface area contributed by atoms with Crippen LogP contribution in [0.15, 0.2) is 121 Å². The summed E-state index contributed by atoms with van der Waals surface area (Å²) in [6, 6.07) is 38.0. The van der Waals surface area contributed by atoms with E-state index in [1.807, 2.05) is 71.4 Å². The number of hydrogen-bond acceptors (Lipinski definition) is 5. The molecule has 0 fully saturated rings. The Morgan fingerprint density at radius 1 is 0.800 bits per heavy atom. The Labute approximate surface area is 248 Å². The van der Waals surface area contributed by atoms with Gasteiger partial charge >= 0.3 is 0 Å². The average molecular weight is 651 g/mol. The lowest BCUT2D eigenvalue weighted by Gasteiger charge is -2.22. The van der Waals surface area contributed by atoms with Crippen LogP contribution in [-0.4, -0.2) is 19.9 Å². The normalized spacial score (nSPS) is 12.1. The maximum Gasteiger partial charge on any atom is 0.184 e. The van der Waals surface area contributed by atoms with Gasteiger partial charge in [0, 0.05) is 26.5 Å². The van der Waals surface area contributed by atoms with Crippen LogP contribution in [0.1, 0.15) is 17.2 Å². The van der Waals surface area contributed by atoms with Crippen molar-refractivity contribution >= 4 is 60.0 Å². The molecule has 40 heavy (non-hydrogen) atoms. The minimum Gasteiger partial charge on any atom is -0.508 e. The molecule has 2 N–H and O–H groups in total. The van der Waals surface area contributed by atoms with Gasteiger partial charge in [-0.05, 0) is 75.8 Å². The van der Waals surface area contributed by atoms with Crippen LogP contribution in [-0.2, 0) is 0 Å². The standard InChI is InChI=1S/C33H23IN4OS/c34-23-17-14-22(15-18-23)31-26(20-38(37-31)24-9-2-1-3-10-24)32(36-33-35-27-12-6-7-13-29(27)40-33)30-25-11-5-4-8-21(25)16-19-28(30)39/h1-20,32,39H,(H,35,36). The highest BCUT2D eigenvalue weighted by Gasteiger charge is 2.27. The highest BCUT2D eigenvalue weighted by atomic mass is 127. The summed E-state index contributed by atoms with van der Waals surface area (Å²) in [4.78, 5) is 4.89. The average Bonchev–Trinajstić information content (AvgIpc) is 3.62. The summed E-state index contributed by atoms with van der Waals surface area (Å²) < 4.78 is 4.17. The zero-order valence-corrected chi connectivity index (χ0v) is 24.2. The highest BCUT2D eigenvalue weighted by molar-refractivity contribution is 14.1. The van der Waals surface area contributed by atoms with Gasteiger partial charge in [0.15, 0.2) is 5.13 Å². The minimum absolute atomic E-state index is 0.221. The lowest BCUT2D eigenvalue weighted by Crippen LogP contribution is -2.13. The van der Waals surface area contributed by atoms with E-state index in [4.69, 9.17) is 10.1 Å². The number of nitrogens with one attached hydrogen (secondary N) is 1. The molecule has 1 unspecified atom stereocenters. The molecular weight excluding hydrogens is 627 g/mol. The van der Waals surface area contributed by atoms with E-state index in [2.05, 4.69) is 76.6 Å². The quantitative estimate of drug-likeness (QED) is 0.177. The van der Waals surface area contributed by atoms with Crippen LogP contribution in [0.3, 0.4) is 0 Å². The summed E-state index contributed by atoms with van der Waals surface area (Å²) in [5.41, 5.74) is 5.47. The van der Waals surface area contributed by atoms with Gasteiger partial charge in [0.25, 0.3) is 0 Å². The SMILES string of the molecule is Oc1ccc2ccccc2c1C(Nc1nc2ccccc2s1)c1cn(-c2ccccc2)nc1-c1ccc(I)cc1. The molecule has 0 saturated carbocycles. The molecule has 0 aliphatic rings. The fourth-order valence-electron chi connectivity index (χ4n) is 5.09. The molecule has 7 rings (SSSR count). The zero-order chi connectivity index (χ0) is 27.1. The van der Waals surface area contributed by atoms with Crippen LogP contribution < -0.4 is 5.32 Å². The number of para-hydroxylation sites is 2. The number of phenolic OH excluding ortho intramolecular Hbond substituents is 1. The fraction of sp³-hybridized carbons (Fsp3) is 0.0303. The number of rotatable bonds is 6. The van der Waals surface area contributed by atoms with Crippen molar-refractivity contribution in [2.75, 3.05) is 5.32 Å². The molecule has 194 valence electrons. The third-order valence-electron chi connectivity index (χ3n) is 6.99. The van der Waals surface area contributed by atoms with Gasteiger partial charge in [-0.2, -0.15) is 5.10 Å². The smallest absolute Gasteiger partial charge is 0.184 e. The topological polar surface area (TPSA) is 63.0 Å². The molecule has 5 nitrogen and oxygen atoms in total. The zero-order valence-electron chi connectivity index (χ0n) is 21.2. The molecule has 0 spiro atoms. The van der Waals surface area contributed by atoms with Gasteiger partial charge in [-0.1, -0.05) is 84.1 Å². The first-order valence-electron chi connectivity index (χ1n) is 12.9. The number of halogens is 1. The van der Waals surface area contributed by atoms with Crippen molar-refractivity contribution in [3.8, 4) is 22.7 Å². The Hall–Kier alpha value is -4.21. The third-order valence-corrected chi connectivity index (χ3v) is 8.68. The Morgan fingerprint density at radius 3 is 2.38 bits per heavy atom. The second-order valence-electron chi connectivity index (χ2n) is 9.50. The van der Waals surface area contributed by atoms with Crippen molar-refractivity contribution < 1.29 is 5.11 Å². The molecule has 2 heterocycles. The Kier molecular flexibility index (Phi) is 6.45. The third kappa shape index (κ3) is 4.61. The summed E-state index contributed by atoms with van der Waals surface area (Å²) in [6.45, 7) is 0. The number of aromatic hydroxyl groups is 1. The molecule has 0 radical (unpaired) electrons. The van der Waals surface area contributed by atoms with Crippen LogP contribution in [0, 0.1) is 3.57 Å². The first-order valence-corrected chi connectivity index (χ1v) is 14.8. The number of hydrogen-bond donors (Lipinski definition) is 2. The van der Waals surface area contributed by atoms with Crippen LogP contribution in [0.4, 0.5) is 5.13 Å². The second kappa shape index (κ2) is 10.4. The molecule has 0 aliphatic heterocycles. The first-order chi connectivity index (χ1) is 19.6. The highest BCUT2D eigenvalue weighted by Crippen LogP contribution is 2.42. The van der Waals surface area contributed by atoms with Crippen molar-refractivity contribution in [2.24, 2.45) is 0 Å². The summed E-state index contributed by atoms with van der Waals surface area (Å²) in [5, 5.41) is 23.0. The van der Waals surface area contributed by atoms with Crippen LogP contribution in [0.2, 0.25) is 0 Å². The van der Waals surface area contributed by atoms with Crippen molar-refractivity contribution in [3.63, 3.8) is 0 Å². The van der Waals surface area contributed by atoms with E-state index in [-0.39, 0.29) is 5.75 Å². The lowest BCUT2D eigenvalue weighted by molar-refractivity contribution is 0.468.